The first-order valence-electron chi connectivity index (χ1n) is 27.1. The average molecular weight is 1020 g/mol. The summed E-state index contributed by atoms with van der Waals surface area (Å²) in [7, 11) is 0. The number of anilines is 1. The Labute approximate surface area is 433 Å². The van der Waals surface area contributed by atoms with Gasteiger partial charge in [0, 0.05) is 83.2 Å². The van der Waals surface area contributed by atoms with Crippen molar-refractivity contribution < 1.29 is 28.3 Å². The first kappa shape index (κ1) is 51.3. The third kappa shape index (κ3) is 12.3. The number of halogens is 2. The van der Waals surface area contributed by atoms with E-state index in [2.05, 4.69) is 40.3 Å². The van der Waals surface area contributed by atoms with Gasteiger partial charge in [-0.15, -0.1) is 0 Å². The van der Waals surface area contributed by atoms with E-state index in [9.17, 15) is 19.2 Å². The number of nitrogens with two attached hydrogens (primary N) is 1. The van der Waals surface area contributed by atoms with E-state index in [1.807, 2.05) is 46.3 Å². The highest BCUT2D eigenvalue weighted by molar-refractivity contribution is 6.30. The SMILES string of the molecule is NC1(C(=O)N[C@@H](CCN2CCN(C(=O)CN3CCC(OC4CCN(C(=O)[C@H](NC(=O)c5cccc(C6CC6)c5F)C5CCCCC5)CC4)CC3)CC2)c2ccc(Cl)cc2)CCN(c2ncnc3[nH]ccc23)CC1. The van der Waals surface area contributed by atoms with E-state index in [4.69, 9.17) is 22.1 Å². The number of carbonyl (C=O) groups excluding carboxylic acids is 4. The van der Waals surface area contributed by atoms with Crippen molar-refractivity contribution in [3.05, 3.63) is 88.6 Å². The molecule has 0 radical (unpaired) electrons. The number of piperidine rings is 3. The molecule has 6 heterocycles. The Hall–Kier alpha value is -5.20. The Morgan fingerprint density at radius 3 is 2.18 bits per heavy atom. The Morgan fingerprint density at radius 1 is 0.781 bits per heavy atom. The van der Waals surface area contributed by atoms with Gasteiger partial charge in [-0.25, -0.2) is 14.4 Å². The predicted octanol–water partition coefficient (Wildman–Crippen LogP) is 6.17. The van der Waals surface area contributed by atoms with Crippen LogP contribution in [0, 0.1) is 11.7 Å². The van der Waals surface area contributed by atoms with Crippen molar-refractivity contribution in [2.75, 3.05) is 83.4 Å². The lowest BCUT2D eigenvalue weighted by Crippen LogP contribution is -2.60. The standard InChI is InChI=1S/C55H73ClFN11O5/c56-40-13-11-38(12-14-40)46(62-54(72)55(58)21-29-67(30-22-55)51-45-15-23-59-50(45)60-36-61-51)20-26-64-31-33-66(34-32-64)47(69)35-65-24-16-41(17-25-65)73-42-18-27-68(28-19-42)53(71)49(39-5-2-1-3-6-39)63-52(70)44-8-4-7-43(48(44)57)37-9-10-37/h4,7-8,11-15,23,36-37,39,41-42,46,49H,1-3,5-6,9-10,16-22,24-35,58H2,(H,62,72)(H,63,70)(H,59,60,61)/t46-,49+/m0/s1. The van der Waals surface area contributed by atoms with Gasteiger partial charge in [0.1, 0.15) is 29.7 Å². The van der Waals surface area contributed by atoms with Crippen LogP contribution in [0.15, 0.2) is 61.1 Å². The van der Waals surface area contributed by atoms with Crippen molar-refractivity contribution in [1.29, 1.82) is 0 Å². The van der Waals surface area contributed by atoms with Crippen molar-refractivity contribution in [1.82, 2.24) is 45.2 Å². The zero-order valence-corrected chi connectivity index (χ0v) is 42.9. The molecule has 0 bridgehead atoms. The summed E-state index contributed by atoms with van der Waals surface area (Å²) in [5, 5.41) is 7.93. The zero-order valence-electron chi connectivity index (χ0n) is 42.1. The van der Waals surface area contributed by atoms with Crippen LogP contribution in [0.1, 0.15) is 123 Å². The molecule has 5 N–H and O–H groups in total. The Bertz CT molecular complexity index is 2540. The van der Waals surface area contributed by atoms with E-state index in [1.165, 1.54) is 6.07 Å². The van der Waals surface area contributed by atoms with Crippen LogP contribution in [0.4, 0.5) is 10.2 Å². The maximum Gasteiger partial charge on any atom is 0.254 e. The molecule has 2 aromatic carbocycles. The van der Waals surface area contributed by atoms with Crippen LogP contribution >= 0.6 is 11.6 Å². The van der Waals surface area contributed by atoms with Gasteiger partial charge in [-0.05, 0) is 118 Å². The van der Waals surface area contributed by atoms with Gasteiger partial charge in [-0.3, -0.25) is 29.0 Å². The van der Waals surface area contributed by atoms with Gasteiger partial charge in [-0.1, -0.05) is 55.1 Å². The minimum atomic E-state index is -1.02. The average Bonchev–Trinajstić information content (AvgIpc) is 4.15. The van der Waals surface area contributed by atoms with E-state index in [1.54, 1.807) is 18.5 Å². The molecule has 4 aromatic rings. The quantitative estimate of drug-likeness (QED) is 0.101. The third-order valence-electron chi connectivity index (χ3n) is 16.8. The number of likely N-dealkylation sites (tertiary alicyclic amines) is 2. The number of nitrogens with zero attached hydrogens (tertiary/aromatic N) is 7. The first-order chi connectivity index (χ1) is 35.5. The lowest BCUT2D eigenvalue weighted by Gasteiger charge is -2.40. The molecule has 392 valence electrons. The number of aromatic nitrogens is 3. The molecular weight excluding hydrogens is 949 g/mol. The molecule has 4 amide bonds. The fourth-order valence-electron chi connectivity index (χ4n) is 12.0. The molecule has 6 fully saturated rings. The summed E-state index contributed by atoms with van der Waals surface area (Å²) in [5.74, 6) is 0.0526. The smallest absolute Gasteiger partial charge is 0.254 e. The number of nitrogens with one attached hydrogen (secondary N) is 3. The highest BCUT2D eigenvalue weighted by Crippen LogP contribution is 2.42. The molecule has 2 saturated carbocycles. The number of benzene rings is 2. The monoisotopic (exact) mass is 1020 g/mol. The molecule has 0 spiro atoms. The second-order valence-corrected chi connectivity index (χ2v) is 22.1. The maximum absolute atomic E-state index is 15.5. The van der Waals surface area contributed by atoms with Crippen molar-refractivity contribution in [3.8, 4) is 0 Å². The van der Waals surface area contributed by atoms with Crippen LogP contribution in [0.5, 0.6) is 0 Å². The minimum Gasteiger partial charge on any atom is -0.375 e. The summed E-state index contributed by atoms with van der Waals surface area (Å²) in [5.41, 5.74) is 8.24. The summed E-state index contributed by atoms with van der Waals surface area (Å²) < 4.78 is 22.1. The first-order valence-corrected chi connectivity index (χ1v) is 27.5. The van der Waals surface area contributed by atoms with E-state index in [0.717, 1.165) is 126 Å². The molecule has 73 heavy (non-hydrogen) atoms. The highest BCUT2D eigenvalue weighted by atomic mass is 35.5. The maximum atomic E-state index is 15.5. The number of hydrogen-bond acceptors (Lipinski definition) is 11. The topological polar surface area (TPSA) is 185 Å². The molecule has 2 aliphatic carbocycles. The molecule has 4 saturated heterocycles. The molecular formula is C55H73ClFN11O5. The van der Waals surface area contributed by atoms with Crippen molar-refractivity contribution in [2.24, 2.45) is 11.7 Å². The fraction of sp³-hybridized carbons (Fsp3) is 0.600. The largest absolute Gasteiger partial charge is 0.375 e. The van der Waals surface area contributed by atoms with Gasteiger partial charge in [-0.2, -0.15) is 0 Å². The molecule has 10 rings (SSSR count). The van der Waals surface area contributed by atoms with Gasteiger partial charge in [0.15, 0.2) is 0 Å². The van der Waals surface area contributed by atoms with Crippen LogP contribution < -0.4 is 21.3 Å². The van der Waals surface area contributed by atoms with E-state index in [-0.39, 0.29) is 53.4 Å². The predicted molar refractivity (Wildman–Crippen MR) is 279 cm³/mol. The summed E-state index contributed by atoms with van der Waals surface area (Å²) in [6.07, 6.45) is 15.2. The summed E-state index contributed by atoms with van der Waals surface area (Å²) in [6.45, 7) is 7.87. The van der Waals surface area contributed by atoms with Gasteiger partial charge in [0.2, 0.25) is 17.7 Å². The number of fused-ring (bicyclic) bond motifs is 1. The molecule has 6 aliphatic rings. The molecule has 4 aliphatic heterocycles. The number of ether oxygens (including phenoxy) is 1. The van der Waals surface area contributed by atoms with Crippen molar-refractivity contribution in [3.63, 3.8) is 0 Å². The number of H-pyrrole nitrogens is 1. The molecule has 2 atom stereocenters. The van der Waals surface area contributed by atoms with Crippen LogP contribution in [-0.2, 0) is 19.1 Å². The van der Waals surface area contributed by atoms with Gasteiger partial charge in [0.25, 0.3) is 5.91 Å². The molecule has 0 unspecified atom stereocenters. The number of amides is 4. The fourth-order valence-corrected chi connectivity index (χ4v) is 12.1. The highest BCUT2D eigenvalue weighted by Gasteiger charge is 2.41. The molecule has 2 aromatic heterocycles. The third-order valence-corrected chi connectivity index (χ3v) is 17.0. The number of piperazine rings is 1. The lowest BCUT2D eigenvalue weighted by molar-refractivity contribution is -0.140. The number of aromatic amines is 1. The van der Waals surface area contributed by atoms with Crippen LogP contribution in [0.25, 0.3) is 11.0 Å². The Morgan fingerprint density at radius 2 is 1.48 bits per heavy atom. The van der Waals surface area contributed by atoms with Crippen molar-refractivity contribution in [2.45, 2.75) is 126 Å². The normalized spacial score (nSPS) is 21.8. The van der Waals surface area contributed by atoms with Crippen LogP contribution in [-0.4, -0.2) is 161 Å². The van der Waals surface area contributed by atoms with Crippen LogP contribution in [0.2, 0.25) is 5.02 Å². The second kappa shape index (κ2) is 23.1. The van der Waals surface area contributed by atoms with Crippen molar-refractivity contribution >= 4 is 52.1 Å². The Kier molecular flexibility index (Phi) is 16.3. The van der Waals surface area contributed by atoms with E-state index < -0.39 is 23.3 Å². The Balaban J connectivity index is 0.640. The summed E-state index contributed by atoms with van der Waals surface area (Å²) in [6, 6.07) is 13.7. The van der Waals surface area contributed by atoms with Gasteiger partial charge in [0.05, 0.1) is 41.3 Å². The summed E-state index contributed by atoms with van der Waals surface area (Å²) >= 11 is 6.27. The van der Waals surface area contributed by atoms with Gasteiger partial charge < -0.3 is 40.8 Å². The van der Waals surface area contributed by atoms with Crippen LogP contribution in [0.3, 0.4) is 0 Å². The number of carbonyl (C=O) groups is 4. The summed E-state index contributed by atoms with van der Waals surface area (Å²) in [4.78, 5) is 78.0. The minimum absolute atomic E-state index is 0.0320. The number of rotatable bonds is 16. The number of hydrogen-bond donors (Lipinski definition) is 4. The van der Waals surface area contributed by atoms with E-state index >= 15 is 4.39 Å². The molecule has 16 nitrogen and oxygen atoms in total. The second-order valence-electron chi connectivity index (χ2n) is 21.6. The van der Waals surface area contributed by atoms with E-state index in [0.29, 0.717) is 75.7 Å². The lowest BCUT2D eigenvalue weighted by atomic mass is 9.83. The zero-order chi connectivity index (χ0) is 50.5. The molecule has 18 heteroatoms. The van der Waals surface area contributed by atoms with Gasteiger partial charge >= 0.3 is 0 Å².